The molecule has 1 heterocycles. The van der Waals surface area contributed by atoms with Gasteiger partial charge in [0, 0.05) is 29.7 Å². The van der Waals surface area contributed by atoms with Crippen LogP contribution in [0.25, 0.3) is 10.9 Å². The summed E-state index contributed by atoms with van der Waals surface area (Å²) >= 11 is 0. The average molecular weight is 344 g/mol. The summed E-state index contributed by atoms with van der Waals surface area (Å²) in [6, 6.07) is 9.12. The lowest BCUT2D eigenvalue weighted by Gasteiger charge is -2.31. The molecular formula is C20H19F3N2. The number of aryl methyl sites for hydroxylation is 1. The maximum absolute atomic E-state index is 14.0. The van der Waals surface area contributed by atoms with Gasteiger partial charge in [-0.2, -0.15) is 0 Å². The van der Waals surface area contributed by atoms with Gasteiger partial charge in [-0.1, -0.05) is 12.1 Å². The van der Waals surface area contributed by atoms with Gasteiger partial charge in [0.25, 0.3) is 0 Å². The van der Waals surface area contributed by atoms with Crippen LogP contribution in [-0.4, -0.2) is 23.0 Å². The van der Waals surface area contributed by atoms with E-state index in [1.165, 1.54) is 18.2 Å². The second kappa shape index (κ2) is 6.23. The van der Waals surface area contributed by atoms with Crippen LogP contribution in [0.2, 0.25) is 0 Å². The number of likely N-dealkylation sites (N-methyl/N-ethyl adjacent to an activating group) is 1. The molecule has 2 nitrogen and oxygen atoms in total. The molecule has 1 unspecified atom stereocenters. The highest BCUT2D eigenvalue weighted by atomic mass is 19.1. The first-order chi connectivity index (χ1) is 12.0. The van der Waals surface area contributed by atoms with E-state index in [9.17, 15) is 13.2 Å². The number of rotatable bonds is 3. The molecule has 1 N–H and O–H groups in total. The van der Waals surface area contributed by atoms with Crippen molar-refractivity contribution in [3.05, 3.63) is 70.7 Å². The molecule has 1 atom stereocenters. The highest BCUT2D eigenvalue weighted by Gasteiger charge is 2.26. The van der Waals surface area contributed by atoms with E-state index in [-0.39, 0.29) is 11.9 Å². The molecule has 1 aliphatic carbocycles. The number of halogens is 3. The summed E-state index contributed by atoms with van der Waals surface area (Å²) in [6.45, 7) is 0.714. The number of H-pyrrole nitrogens is 1. The third kappa shape index (κ3) is 3.04. The van der Waals surface area contributed by atoms with E-state index in [2.05, 4.69) is 9.88 Å². The molecule has 130 valence electrons. The number of aromatic amines is 1. The molecule has 25 heavy (non-hydrogen) atoms. The fourth-order valence-electron chi connectivity index (χ4n) is 3.81. The highest BCUT2D eigenvalue weighted by Crippen LogP contribution is 2.32. The van der Waals surface area contributed by atoms with Crippen LogP contribution in [-0.2, 0) is 19.4 Å². The first kappa shape index (κ1) is 16.2. The molecule has 2 aromatic carbocycles. The van der Waals surface area contributed by atoms with Crippen LogP contribution in [0.15, 0.2) is 36.4 Å². The van der Waals surface area contributed by atoms with Crippen molar-refractivity contribution in [3.63, 3.8) is 0 Å². The van der Waals surface area contributed by atoms with Crippen molar-refractivity contribution in [2.45, 2.75) is 31.8 Å². The van der Waals surface area contributed by atoms with Crippen molar-refractivity contribution in [1.82, 2.24) is 9.88 Å². The fraction of sp³-hybridized carbons (Fsp3) is 0.300. The molecule has 0 amide bonds. The Kier molecular flexibility index (Phi) is 4.04. The van der Waals surface area contributed by atoms with Crippen molar-refractivity contribution < 1.29 is 13.2 Å². The van der Waals surface area contributed by atoms with E-state index in [0.717, 1.165) is 42.1 Å². The quantitative estimate of drug-likeness (QED) is 0.737. The Morgan fingerprint density at radius 1 is 1.08 bits per heavy atom. The molecule has 1 aromatic heterocycles. The van der Waals surface area contributed by atoms with E-state index in [1.807, 2.05) is 7.05 Å². The van der Waals surface area contributed by atoms with Crippen molar-refractivity contribution in [1.29, 1.82) is 0 Å². The molecule has 5 heteroatoms. The van der Waals surface area contributed by atoms with Crippen LogP contribution in [0.3, 0.4) is 0 Å². The first-order valence-corrected chi connectivity index (χ1v) is 8.44. The van der Waals surface area contributed by atoms with E-state index in [1.54, 1.807) is 12.1 Å². The fourth-order valence-corrected chi connectivity index (χ4v) is 3.81. The zero-order valence-electron chi connectivity index (χ0n) is 14.0. The monoisotopic (exact) mass is 344 g/mol. The molecule has 0 saturated heterocycles. The minimum absolute atomic E-state index is 0.239. The van der Waals surface area contributed by atoms with Crippen molar-refractivity contribution in [2.75, 3.05) is 7.05 Å². The SMILES string of the molecule is CN(Cc1ccc(F)cc1)C1CCc2[nH]c3c(F)cc(F)cc3c2C1. The van der Waals surface area contributed by atoms with Gasteiger partial charge in [0.05, 0.1) is 5.52 Å². The van der Waals surface area contributed by atoms with Gasteiger partial charge in [-0.25, -0.2) is 13.2 Å². The minimum atomic E-state index is -0.548. The maximum Gasteiger partial charge on any atom is 0.150 e. The van der Waals surface area contributed by atoms with Crippen LogP contribution >= 0.6 is 0 Å². The van der Waals surface area contributed by atoms with Crippen molar-refractivity contribution >= 4 is 10.9 Å². The lowest BCUT2D eigenvalue weighted by Crippen LogP contribution is -2.35. The van der Waals surface area contributed by atoms with Gasteiger partial charge in [0.1, 0.15) is 17.5 Å². The predicted molar refractivity (Wildman–Crippen MR) is 91.9 cm³/mol. The smallest absolute Gasteiger partial charge is 0.150 e. The number of aromatic nitrogens is 1. The third-order valence-corrected chi connectivity index (χ3v) is 5.16. The molecule has 3 aromatic rings. The van der Waals surface area contributed by atoms with Gasteiger partial charge < -0.3 is 4.98 Å². The van der Waals surface area contributed by atoms with E-state index in [0.29, 0.717) is 17.4 Å². The number of fused-ring (bicyclic) bond motifs is 3. The van der Waals surface area contributed by atoms with Crippen molar-refractivity contribution in [3.8, 4) is 0 Å². The van der Waals surface area contributed by atoms with Gasteiger partial charge in [0.15, 0.2) is 0 Å². The van der Waals surface area contributed by atoms with Gasteiger partial charge in [-0.15, -0.1) is 0 Å². The molecule has 0 fully saturated rings. The molecule has 1 aliphatic rings. The molecule has 0 radical (unpaired) electrons. The molecule has 4 rings (SSSR count). The summed E-state index contributed by atoms with van der Waals surface area (Å²) < 4.78 is 40.7. The summed E-state index contributed by atoms with van der Waals surface area (Å²) in [6.07, 6.45) is 2.50. The van der Waals surface area contributed by atoms with Gasteiger partial charge in [0.2, 0.25) is 0 Å². The number of benzene rings is 2. The lowest BCUT2D eigenvalue weighted by atomic mass is 9.90. The number of nitrogens with zero attached hydrogens (tertiary/aromatic N) is 1. The van der Waals surface area contributed by atoms with Crippen molar-refractivity contribution in [2.24, 2.45) is 0 Å². The predicted octanol–water partition coefficient (Wildman–Crippen LogP) is 4.57. The number of hydrogen-bond donors (Lipinski definition) is 1. The van der Waals surface area contributed by atoms with Gasteiger partial charge in [-0.3, -0.25) is 4.90 Å². The van der Waals surface area contributed by atoms with Crippen LogP contribution in [0.4, 0.5) is 13.2 Å². The third-order valence-electron chi connectivity index (χ3n) is 5.16. The van der Waals surface area contributed by atoms with E-state index >= 15 is 0 Å². The van der Waals surface area contributed by atoms with Crippen LogP contribution in [0, 0.1) is 17.5 Å². The maximum atomic E-state index is 14.0. The molecule has 0 aliphatic heterocycles. The Bertz CT molecular complexity index is 915. The largest absolute Gasteiger partial charge is 0.356 e. The van der Waals surface area contributed by atoms with Crippen LogP contribution < -0.4 is 0 Å². The number of nitrogens with one attached hydrogen (secondary N) is 1. The molecule has 0 bridgehead atoms. The minimum Gasteiger partial charge on any atom is -0.356 e. The summed E-state index contributed by atoms with van der Waals surface area (Å²) in [5, 5.41) is 0.646. The Hall–Kier alpha value is -2.27. The molecule has 0 saturated carbocycles. The van der Waals surface area contributed by atoms with Crippen LogP contribution in [0.1, 0.15) is 23.2 Å². The standard InChI is InChI=1S/C20H19F3N2/c1-25(11-12-2-4-13(21)5-3-12)15-6-7-19-16(10-15)17-8-14(22)9-18(23)20(17)24-19/h2-5,8-9,15,24H,6-7,10-11H2,1H3. The lowest BCUT2D eigenvalue weighted by molar-refractivity contribution is 0.214. The Labute approximate surface area is 144 Å². The normalized spacial score (nSPS) is 17.2. The Balaban J connectivity index is 1.58. The van der Waals surface area contributed by atoms with Gasteiger partial charge >= 0.3 is 0 Å². The summed E-state index contributed by atoms with van der Waals surface area (Å²) in [5.74, 6) is -1.33. The second-order valence-corrected chi connectivity index (χ2v) is 6.83. The van der Waals surface area contributed by atoms with Gasteiger partial charge in [-0.05, 0) is 55.6 Å². The first-order valence-electron chi connectivity index (χ1n) is 8.44. The number of hydrogen-bond acceptors (Lipinski definition) is 1. The van der Waals surface area contributed by atoms with E-state index in [4.69, 9.17) is 0 Å². The highest BCUT2D eigenvalue weighted by molar-refractivity contribution is 5.85. The Morgan fingerprint density at radius 3 is 2.60 bits per heavy atom. The second-order valence-electron chi connectivity index (χ2n) is 6.83. The van der Waals surface area contributed by atoms with Crippen LogP contribution in [0.5, 0.6) is 0 Å². The summed E-state index contributed by atoms with van der Waals surface area (Å²) in [5.41, 5.74) is 3.46. The van der Waals surface area contributed by atoms with E-state index < -0.39 is 11.6 Å². The zero-order valence-corrected chi connectivity index (χ0v) is 14.0. The Morgan fingerprint density at radius 2 is 1.84 bits per heavy atom. The zero-order chi connectivity index (χ0) is 17.6. The topological polar surface area (TPSA) is 19.0 Å². The molecular weight excluding hydrogens is 325 g/mol. The summed E-state index contributed by atoms with van der Waals surface area (Å²) in [4.78, 5) is 5.35. The summed E-state index contributed by atoms with van der Waals surface area (Å²) in [7, 11) is 2.04. The molecule has 0 spiro atoms. The average Bonchev–Trinajstić information content (AvgIpc) is 2.95.